The zero-order valence-corrected chi connectivity index (χ0v) is 12.2. The van der Waals surface area contributed by atoms with Gasteiger partial charge in [0.25, 0.3) is 5.91 Å². The molecule has 22 heavy (non-hydrogen) atoms. The molecule has 1 amide bonds. The highest BCUT2D eigenvalue weighted by Crippen LogP contribution is 2.26. The Bertz CT molecular complexity index is 560. The van der Waals surface area contributed by atoms with Gasteiger partial charge < -0.3 is 14.4 Å². The van der Waals surface area contributed by atoms with Crippen LogP contribution in [0.2, 0.25) is 0 Å². The van der Waals surface area contributed by atoms with Gasteiger partial charge in [0.15, 0.2) is 0 Å². The van der Waals surface area contributed by atoms with Crippen LogP contribution < -0.4 is 4.90 Å². The van der Waals surface area contributed by atoms with E-state index in [4.69, 9.17) is 15.0 Å². The molecule has 0 saturated carbocycles. The Hall–Kier alpha value is -2.15. The van der Waals surface area contributed by atoms with Gasteiger partial charge in [-0.15, -0.1) is 0 Å². The number of hydrogen-bond acceptors (Lipinski definition) is 4. The molecule has 1 aromatic carbocycles. The number of ether oxygens (including phenoxy) is 2. The summed E-state index contributed by atoms with van der Waals surface area (Å²) in [4.78, 5) is 16.1. The van der Waals surface area contributed by atoms with Gasteiger partial charge in [0.1, 0.15) is 13.3 Å². The molecule has 1 aromatic rings. The zero-order valence-electron chi connectivity index (χ0n) is 12.2. The molecule has 8 heteroatoms. The molecule has 2 rings (SSSR count). The first-order chi connectivity index (χ1) is 10.7. The molecule has 0 bridgehead atoms. The lowest BCUT2D eigenvalue weighted by Crippen LogP contribution is -2.41. The van der Waals surface area contributed by atoms with Crippen LogP contribution in [0.5, 0.6) is 0 Å². The van der Waals surface area contributed by atoms with Crippen LogP contribution in [0, 0.1) is 0 Å². The Morgan fingerprint density at radius 2 is 2.23 bits per heavy atom. The first kappa shape index (κ1) is 16.2. The molecule has 0 N–H and O–H groups in total. The summed E-state index contributed by atoms with van der Waals surface area (Å²) in [6, 6.07) is 6.07. The maximum Gasteiger partial charge on any atom is 0.253 e. The number of amides is 1. The number of benzene rings is 1. The average molecular weight is 308 g/mol. The van der Waals surface area contributed by atoms with Crippen LogP contribution in [0.4, 0.5) is 10.1 Å². The molecule has 1 heterocycles. The van der Waals surface area contributed by atoms with E-state index in [9.17, 15) is 9.18 Å². The maximum absolute atomic E-state index is 13.0. The van der Waals surface area contributed by atoms with E-state index in [1.165, 1.54) is 7.11 Å². The van der Waals surface area contributed by atoms with Crippen LogP contribution in [0.3, 0.4) is 0 Å². The summed E-state index contributed by atoms with van der Waals surface area (Å²) < 4.78 is 23.3. The fraction of sp³-hybridized carbons (Fsp3) is 0.500. The van der Waals surface area contributed by atoms with Crippen molar-refractivity contribution in [2.75, 3.05) is 38.4 Å². The third-order valence-corrected chi connectivity index (χ3v) is 3.48. The van der Waals surface area contributed by atoms with E-state index < -0.39 is 18.8 Å². The number of carbonyl (C=O) groups excluding carboxylic acids is 1. The van der Waals surface area contributed by atoms with Crippen molar-refractivity contribution in [1.82, 2.24) is 0 Å². The number of halogens is 1. The van der Waals surface area contributed by atoms with E-state index in [2.05, 4.69) is 10.0 Å². The SMILES string of the molecule is CO[C@H](c1ccc(N2CCOCC2=O)cc1)[C@@H](CF)N=[N+]=[N-]. The van der Waals surface area contributed by atoms with E-state index in [1.807, 2.05) is 0 Å². The van der Waals surface area contributed by atoms with Crippen molar-refractivity contribution < 1.29 is 18.7 Å². The molecule has 0 aromatic heterocycles. The third kappa shape index (κ3) is 3.54. The van der Waals surface area contributed by atoms with Gasteiger partial charge in [-0.3, -0.25) is 9.18 Å². The fourth-order valence-electron chi connectivity index (χ4n) is 2.39. The summed E-state index contributed by atoms with van der Waals surface area (Å²) in [7, 11) is 1.43. The van der Waals surface area contributed by atoms with Gasteiger partial charge >= 0.3 is 0 Å². The minimum absolute atomic E-state index is 0.0727. The average Bonchev–Trinajstić information content (AvgIpc) is 2.56. The van der Waals surface area contributed by atoms with Gasteiger partial charge in [-0.25, -0.2) is 0 Å². The Kier molecular flexibility index (Phi) is 5.71. The maximum atomic E-state index is 13.0. The predicted molar refractivity (Wildman–Crippen MR) is 78.3 cm³/mol. The third-order valence-electron chi connectivity index (χ3n) is 3.48. The summed E-state index contributed by atoms with van der Waals surface area (Å²) in [5.41, 5.74) is 9.91. The zero-order chi connectivity index (χ0) is 15.9. The first-order valence-electron chi connectivity index (χ1n) is 6.82. The monoisotopic (exact) mass is 308 g/mol. The summed E-state index contributed by atoms with van der Waals surface area (Å²) in [5.74, 6) is -0.0991. The Morgan fingerprint density at radius 1 is 1.50 bits per heavy atom. The molecule has 0 unspecified atom stereocenters. The largest absolute Gasteiger partial charge is 0.376 e. The minimum atomic E-state index is -0.925. The Balaban J connectivity index is 2.19. The lowest BCUT2D eigenvalue weighted by Gasteiger charge is -2.27. The van der Waals surface area contributed by atoms with Crippen LogP contribution in [-0.2, 0) is 14.3 Å². The molecule has 0 aliphatic carbocycles. The second kappa shape index (κ2) is 7.74. The highest BCUT2D eigenvalue weighted by atomic mass is 19.1. The van der Waals surface area contributed by atoms with Crippen molar-refractivity contribution in [2.45, 2.75) is 12.1 Å². The quantitative estimate of drug-likeness (QED) is 0.459. The minimum Gasteiger partial charge on any atom is -0.376 e. The lowest BCUT2D eigenvalue weighted by molar-refractivity contribution is -0.125. The number of rotatable bonds is 6. The van der Waals surface area contributed by atoms with Crippen molar-refractivity contribution in [1.29, 1.82) is 0 Å². The number of carbonyl (C=O) groups is 1. The highest BCUT2D eigenvalue weighted by Gasteiger charge is 2.24. The van der Waals surface area contributed by atoms with Gasteiger partial charge in [0, 0.05) is 24.3 Å². The number of morpholine rings is 1. The second-order valence-corrected chi connectivity index (χ2v) is 4.77. The van der Waals surface area contributed by atoms with Crippen molar-refractivity contribution in [2.24, 2.45) is 5.11 Å². The molecular weight excluding hydrogens is 291 g/mol. The van der Waals surface area contributed by atoms with Gasteiger partial charge in [-0.05, 0) is 23.2 Å². The molecule has 0 spiro atoms. The van der Waals surface area contributed by atoms with E-state index in [1.54, 1.807) is 29.2 Å². The first-order valence-corrected chi connectivity index (χ1v) is 6.82. The van der Waals surface area contributed by atoms with E-state index >= 15 is 0 Å². The van der Waals surface area contributed by atoms with Gasteiger partial charge in [0.05, 0.1) is 18.8 Å². The van der Waals surface area contributed by atoms with Crippen LogP contribution in [0.25, 0.3) is 10.4 Å². The number of hydrogen-bond donors (Lipinski definition) is 0. The number of alkyl halides is 1. The molecule has 1 aliphatic rings. The van der Waals surface area contributed by atoms with Crippen molar-refractivity contribution in [3.63, 3.8) is 0 Å². The van der Waals surface area contributed by atoms with Crippen molar-refractivity contribution >= 4 is 11.6 Å². The smallest absolute Gasteiger partial charge is 0.253 e. The van der Waals surface area contributed by atoms with Crippen LogP contribution in [-0.4, -0.2) is 45.5 Å². The summed E-state index contributed by atoms with van der Waals surface area (Å²) in [6.45, 7) is 0.252. The highest BCUT2D eigenvalue weighted by molar-refractivity contribution is 5.94. The summed E-state index contributed by atoms with van der Waals surface area (Å²) in [6.07, 6.45) is -0.671. The van der Waals surface area contributed by atoms with Crippen molar-refractivity contribution in [3.8, 4) is 0 Å². The predicted octanol–water partition coefficient (Wildman–Crippen LogP) is 2.39. The van der Waals surface area contributed by atoms with E-state index in [0.717, 1.165) is 5.69 Å². The van der Waals surface area contributed by atoms with Gasteiger partial charge in [-0.1, -0.05) is 17.2 Å². The van der Waals surface area contributed by atoms with Crippen LogP contribution in [0.15, 0.2) is 29.4 Å². The molecule has 1 saturated heterocycles. The Morgan fingerprint density at radius 3 is 2.77 bits per heavy atom. The standard InChI is InChI=1S/C14H17FN4O3/c1-21-14(12(8-15)17-18-16)10-2-4-11(5-3-10)19-6-7-22-9-13(19)20/h2-5,12,14H,6-9H2,1H3/t12-,14-/m1/s1. The molecule has 7 nitrogen and oxygen atoms in total. The lowest BCUT2D eigenvalue weighted by atomic mass is 10.0. The Labute approximate surface area is 127 Å². The summed E-state index contributed by atoms with van der Waals surface area (Å²) >= 11 is 0. The number of methoxy groups -OCH3 is 1. The van der Waals surface area contributed by atoms with Crippen LogP contribution in [0.1, 0.15) is 11.7 Å². The number of nitrogens with zero attached hydrogens (tertiary/aromatic N) is 4. The normalized spacial score (nSPS) is 17.7. The van der Waals surface area contributed by atoms with Gasteiger partial charge in [-0.2, -0.15) is 0 Å². The summed E-state index contributed by atoms with van der Waals surface area (Å²) in [5, 5.41) is 3.41. The molecule has 1 fully saturated rings. The molecule has 1 aliphatic heterocycles. The molecule has 118 valence electrons. The molecule has 0 radical (unpaired) electrons. The second-order valence-electron chi connectivity index (χ2n) is 4.77. The van der Waals surface area contributed by atoms with Gasteiger partial charge in [0.2, 0.25) is 0 Å². The fourth-order valence-corrected chi connectivity index (χ4v) is 2.39. The molecule has 2 atom stereocenters. The van der Waals surface area contributed by atoms with Crippen LogP contribution >= 0.6 is 0 Å². The molecular formula is C14H17FN4O3. The number of anilines is 1. The topological polar surface area (TPSA) is 87.5 Å². The van der Waals surface area contributed by atoms with E-state index in [0.29, 0.717) is 18.7 Å². The van der Waals surface area contributed by atoms with Crippen molar-refractivity contribution in [3.05, 3.63) is 40.3 Å². The van der Waals surface area contributed by atoms with E-state index in [-0.39, 0.29) is 12.5 Å². The number of azide groups is 1.